The van der Waals surface area contributed by atoms with Gasteiger partial charge in [-0.15, -0.1) is 11.3 Å². The lowest BCUT2D eigenvalue weighted by atomic mass is 10.1. The molecular formula is C42H26N2O2S. The Morgan fingerprint density at radius 3 is 2.09 bits per heavy atom. The molecule has 0 radical (unpaired) electrons. The van der Waals surface area contributed by atoms with Crippen LogP contribution in [0.4, 0.5) is 34.1 Å². The molecule has 0 spiro atoms. The molecule has 7 aromatic carbocycles. The van der Waals surface area contributed by atoms with Gasteiger partial charge in [0.25, 0.3) is 0 Å². The van der Waals surface area contributed by atoms with Gasteiger partial charge in [0.15, 0.2) is 11.5 Å². The Morgan fingerprint density at radius 1 is 0.447 bits per heavy atom. The van der Waals surface area contributed by atoms with Crippen molar-refractivity contribution in [3.05, 3.63) is 158 Å². The molecule has 0 bridgehead atoms. The number of hydrogen-bond acceptors (Lipinski definition) is 5. The van der Waals surface area contributed by atoms with Crippen LogP contribution in [-0.4, -0.2) is 0 Å². The number of rotatable bonds is 4. The Labute approximate surface area is 274 Å². The molecule has 0 fully saturated rings. The van der Waals surface area contributed by atoms with Crippen LogP contribution in [0.25, 0.3) is 42.1 Å². The largest absolute Gasteiger partial charge is 0.456 e. The number of fused-ring (bicyclic) bond motifs is 8. The number of furan rings is 1. The van der Waals surface area contributed by atoms with Crippen molar-refractivity contribution in [2.45, 2.75) is 0 Å². The van der Waals surface area contributed by atoms with Gasteiger partial charge < -0.3 is 19.0 Å². The van der Waals surface area contributed by atoms with E-state index in [1.165, 1.54) is 20.2 Å². The Kier molecular flexibility index (Phi) is 5.71. The van der Waals surface area contributed by atoms with Crippen molar-refractivity contribution in [2.24, 2.45) is 0 Å². The predicted molar refractivity (Wildman–Crippen MR) is 196 cm³/mol. The van der Waals surface area contributed by atoms with Gasteiger partial charge in [-0.2, -0.15) is 0 Å². The summed E-state index contributed by atoms with van der Waals surface area (Å²) >= 11 is 1.83. The van der Waals surface area contributed by atoms with Gasteiger partial charge in [-0.3, -0.25) is 0 Å². The molecule has 4 nitrogen and oxygen atoms in total. The fraction of sp³-hybridized carbons (Fsp3) is 0. The highest BCUT2D eigenvalue weighted by atomic mass is 32.1. The Hall–Kier alpha value is -6.04. The standard InChI is InChI=1S/C42H26N2O2S/c1-2-10-27(11-3-1)43(28-20-23-38-34(24-28)31-12-4-7-15-37(31)45-38)29-19-22-36-40(25-29)46-39-16-8-6-14-35(39)44(36)30-18-21-33-32-13-5-9-17-41(32)47-42(33)26-30/h1-26H. The first-order valence-electron chi connectivity index (χ1n) is 15.7. The zero-order chi connectivity index (χ0) is 30.9. The van der Waals surface area contributed by atoms with Gasteiger partial charge >= 0.3 is 0 Å². The third-order valence-corrected chi connectivity index (χ3v) is 10.2. The number of nitrogens with zero attached hydrogens (tertiary/aromatic N) is 2. The smallest absolute Gasteiger partial charge is 0.153 e. The quantitative estimate of drug-likeness (QED) is 0.195. The third kappa shape index (κ3) is 4.14. The molecule has 2 aromatic heterocycles. The summed E-state index contributed by atoms with van der Waals surface area (Å²) in [6.07, 6.45) is 0. The average molecular weight is 623 g/mol. The fourth-order valence-corrected chi connectivity index (χ4v) is 8.03. The summed E-state index contributed by atoms with van der Waals surface area (Å²) < 4.78 is 15.4. The molecular weight excluding hydrogens is 597 g/mol. The van der Waals surface area contributed by atoms with E-state index in [1.54, 1.807) is 0 Å². The molecule has 0 atom stereocenters. The maximum atomic E-state index is 6.66. The van der Waals surface area contributed by atoms with Crippen LogP contribution in [-0.2, 0) is 0 Å². The minimum atomic E-state index is 0.799. The molecule has 5 heteroatoms. The van der Waals surface area contributed by atoms with E-state index in [0.717, 1.165) is 67.6 Å². The molecule has 1 aliphatic heterocycles. The molecule has 0 saturated heterocycles. The highest BCUT2D eigenvalue weighted by molar-refractivity contribution is 7.25. The molecule has 10 rings (SSSR count). The number of ether oxygens (including phenoxy) is 1. The second kappa shape index (κ2) is 10.2. The molecule has 9 aromatic rings. The molecule has 0 N–H and O–H groups in total. The lowest BCUT2D eigenvalue weighted by Crippen LogP contribution is -2.16. The molecule has 47 heavy (non-hydrogen) atoms. The third-order valence-electron chi connectivity index (χ3n) is 9.02. The molecule has 3 heterocycles. The van der Waals surface area contributed by atoms with Crippen LogP contribution in [0.1, 0.15) is 0 Å². The highest BCUT2D eigenvalue weighted by Crippen LogP contribution is 2.53. The maximum absolute atomic E-state index is 6.66. The Morgan fingerprint density at radius 2 is 1.15 bits per heavy atom. The molecule has 0 amide bonds. The van der Waals surface area contributed by atoms with Crippen molar-refractivity contribution in [1.82, 2.24) is 0 Å². The van der Waals surface area contributed by atoms with Crippen LogP contribution in [0.15, 0.2) is 162 Å². The normalized spacial score (nSPS) is 12.4. The first-order chi connectivity index (χ1) is 23.3. The monoisotopic (exact) mass is 622 g/mol. The Bertz CT molecular complexity index is 2640. The second-order valence-corrected chi connectivity index (χ2v) is 12.9. The van der Waals surface area contributed by atoms with E-state index in [0.29, 0.717) is 0 Å². The molecule has 1 aliphatic rings. The van der Waals surface area contributed by atoms with Crippen LogP contribution in [0.2, 0.25) is 0 Å². The van der Waals surface area contributed by atoms with Crippen molar-refractivity contribution < 1.29 is 9.15 Å². The topological polar surface area (TPSA) is 28.9 Å². The van der Waals surface area contributed by atoms with Crippen LogP contribution in [0, 0.1) is 0 Å². The summed E-state index contributed by atoms with van der Waals surface area (Å²) in [4.78, 5) is 4.59. The van der Waals surface area contributed by atoms with Gasteiger partial charge in [-0.05, 0) is 78.9 Å². The summed E-state index contributed by atoms with van der Waals surface area (Å²) in [6, 6.07) is 55.3. The van der Waals surface area contributed by atoms with Crippen molar-refractivity contribution in [1.29, 1.82) is 0 Å². The van der Waals surface area contributed by atoms with Gasteiger partial charge in [-0.1, -0.05) is 72.8 Å². The van der Waals surface area contributed by atoms with Gasteiger partial charge in [0.05, 0.1) is 11.4 Å². The predicted octanol–water partition coefficient (Wildman–Crippen LogP) is 13.0. The van der Waals surface area contributed by atoms with Crippen molar-refractivity contribution in [3.63, 3.8) is 0 Å². The second-order valence-electron chi connectivity index (χ2n) is 11.8. The minimum absolute atomic E-state index is 0.799. The molecule has 0 aliphatic carbocycles. The van der Waals surface area contributed by atoms with Crippen LogP contribution in [0.5, 0.6) is 11.5 Å². The molecule has 0 saturated carbocycles. The maximum Gasteiger partial charge on any atom is 0.153 e. The van der Waals surface area contributed by atoms with Gasteiger partial charge in [0.1, 0.15) is 11.2 Å². The zero-order valence-corrected chi connectivity index (χ0v) is 25.9. The van der Waals surface area contributed by atoms with Gasteiger partial charge in [0, 0.05) is 59.8 Å². The molecule has 222 valence electrons. The van der Waals surface area contributed by atoms with E-state index in [4.69, 9.17) is 9.15 Å². The van der Waals surface area contributed by atoms with E-state index in [-0.39, 0.29) is 0 Å². The summed E-state index contributed by atoms with van der Waals surface area (Å²) in [5.41, 5.74) is 7.98. The lowest BCUT2D eigenvalue weighted by Gasteiger charge is -2.34. The number of para-hydroxylation sites is 4. The number of hydrogen-bond donors (Lipinski definition) is 0. The fourth-order valence-electron chi connectivity index (χ4n) is 6.89. The van der Waals surface area contributed by atoms with Crippen LogP contribution < -0.4 is 14.5 Å². The van der Waals surface area contributed by atoms with Crippen molar-refractivity contribution in [3.8, 4) is 11.5 Å². The first kappa shape index (κ1) is 26.2. The van der Waals surface area contributed by atoms with E-state index in [1.807, 2.05) is 41.7 Å². The summed E-state index contributed by atoms with van der Waals surface area (Å²) in [5, 5.41) is 4.78. The van der Waals surface area contributed by atoms with E-state index in [9.17, 15) is 0 Å². The lowest BCUT2D eigenvalue weighted by molar-refractivity contribution is 0.477. The van der Waals surface area contributed by atoms with E-state index in [2.05, 4.69) is 137 Å². The van der Waals surface area contributed by atoms with Crippen molar-refractivity contribution in [2.75, 3.05) is 9.80 Å². The van der Waals surface area contributed by atoms with E-state index >= 15 is 0 Å². The number of thiophene rings is 1. The van der Waals surface area contributed by atoms with Gasteiger partial charge in [0.2, 0.25) is 0 Å². The van der Waals surface area contributed by atoms with E-state index < -0.39 is 0 Å². The number of anilines is 6. The van der Waals surface area contributed by atoms with Crippen LogP contribution in [0.3, 0.4) is 0 Å². The summed E-state index contributed by atoms with van der Waals surface area (Å²) in [5.74, 6) is 1.62. The SMILES string of the molecule is c1ccc(N(c2ccc3c(c2)Oc2ccccc2N3c2ccc3c(c2)sc2ccccc23)c2ccc3oc4ccccc4c3c2)cc1. The van der Waals surface area contributed by atoms with Crippen LogP contribution >= 0.6 is 11.3 Å². The zero-order valence-electron chi connectivity index (χ0n) is 25.1. The van der Waals surface area contributed by atoms with Gasteiger partial charge in [-0.25, -0.2) is 0 Å². The van der Waals surface area contributed by atoms with Crippen molar-refractivity contribution >= 4 is 87.6 Å². The minimum Gasteiger partial charge on any atom is -0.456 e. The summed E-state index contributed by atoms with van der Waals surface area (Å²) in [7, 11) is 0. The average Bonchev–Trinajstić information content (AvgIpc) is 3.69. The Balaban J connectivity index is 1.14. The first-order valence-corrected chi connectivity index (χ1v) is 16.5. The highest BCUT2D eigenvalue weighted by Gasteiger charge is 2.27. The number of benzene rings is 7. The summed E-state index contributed by atoms with van der Waals surface area (Å²) in [6.45, 7) is 0. The molecule has 0 unspecified atom stereocenters.